The monoisotopic (exact) mass is 529 g/mol. The van der Waals surface area contributed by atoms with Gasteiger partial charge in [0.15, 0.2) is 5.78 Å². The third kappa shape index (κ3) is 7.84. The number of halogens is 2. The first-order valence-corrected chi connectivity index (χ1v) is 13.4. The van der Waals surface area contributed by atoms with Crippen molar-refractivity contribution in [3.8, 4) is 11.1 Å². The molecule has 5 rings (SSSR count). The molecule has 0 spiro atoms. The van der Waals surface area contributed by atoms with E-state index >= 15 is 0 Å². The van der Waals surface area contributed by atoms with E-state index in [4.69, 9.17) is 11.6 Å². The summed E-state index contributed by atoms with van der Waals surface area (Å²) in [6.07, 6.45) is 2.54. The van der Waals surface area contributed by atoms with Gasteiger partial charge in [0.25, 0.3) is 0 Å². The molecule has 38 heavy (non-hydrogen) atoms. The number of aliphatic hydroxyl groups is 1. The number of Topliss-reactive ketones (excluding diaryl/α,β-unsaturated/α-hetero) is 1. The number of hydrogen-bond donors (Lipinski definition) is 1. The van der Waals surface area contributed by atoms with Crippen molar-refractivity contribution >= 4 is 17.4 Å². The van der Waals surface area contributed by atoms with Gasteiger partial charge in [-0.05, 0) is 78.9 Å². The lowest BCUT2D eigenvalue weighted by Crippen LogP contribution is -2.42. The molecule has 0 bridgehead atoms. The highest BCUT2D eigenvalue weighted by molar-refractivity contribution is 6.30. The molecular weight excluding hydrogens is 497 g/mol. The van der Waals surface area contributed by atoms with E-state index in [2.05, 4.69) is 53.4 Å². The number of carbonyl (C=O) groups excluding carboxylic acids is 1. The van der Waals surface area contributed by atoms with Crippen LogP contribution >= 0.6 is 11.6 Å². The number of nitrogens with zero attached hydrogens (tertiary/aromatic N) is 1. The van der Waals surface area contributed by atoms with E-state index in [9.17, 15) is 14.3 Å². The molecule has 1 saturated heterocycles. The van der Waals surface area contributed by atoms with Gasteiger partial charge in [-0.2, -0.15) is 0 Å². The zero-order chi connectivity index (χ0) is 26.8. The highest BCUT2D eigenvalue weighted by Crippen LogP contribution is 2.33. The maximum atomic E-state index is 12.9. The molecule has 1 fully saturated rings. The summed E-state index contributed by atoms with van der Waals surface area (Å²) in [5.74, 6) is -0.289. The van der Waals surface area contributed by atoms with Crippen molar-refractivity contribution in [2.75, 3.05) is 19.6 Å². The molecular formula is C33H33ClFNO2. The topological polar surface area (TPSA) is 40.5 Å². The zero-order valence-corrected chi connectivity index (χ0v) is 22.2. The fourth-order valence-corrected chi connectivity index (χ4v) is 4.83. The number of carbonyl (C=O) groups is 1. The predicted molar refractivity (Wildman–Crippen MR) is 153 cm³/mol. The Hall–Kier alpha value is -3.31. The second-order valence-electron chi connectivity index (χ2n) is 9.65. The third-order valence-electron chi connectivity index (χ3n) is 6.99. The number of benzene rings is 4. The molecule has 3 nitrogen and oxygen atoms in total. The normalized spacial score (nSPS) is 14.8. The van der Waals surface area contributed by atoms with Crippen molar-refractivity contribution < 1.29 is 14.3 Å². The molecule has 0 amide bonds. The van der Waals surface area contributed by atoms with Crippen molar-refractivity contribution in [1.29, 1.82) is 0 Å². The molecule has 4 aromatic rings. The summed E-state index contributed by atoms with van der Waals surface area (Å²) in [4.78, 5) is 14.4. The number of rotatable bonds is 7. The lowest BCUT2D eigenvalue weighted by Gasteiger charge is -2.38. The molecule has 0 unspecified atom stereocenters. The zero-order valence-electron chi connectivity index (χ0n) is 21.4. The van der Waals surface area contributed by atoms with Gasteiger partial charge in [0.2, 0.25) is 0 Å². The van der Waals surface area contributed by atoms with Crippen molar-refractivity contribution in [2.24, 2.45) is 0 Å². The number of hydrogen-bond acceptors (Lipinski definition) is 3. The van der Waals surface area contributed by atoms with E-state index in [1.165, 1.54) is 35.4 Å². The first kappa shape index (κ1) is 27.7. The van der Waals surface area contributed by atoms with Crippen LogP contribution in [0.1, 0.15) is 41.6 Å². The minimum atomic E-state index is -0.801. The lowest BCUT2D eigenvalue weighted by molar-refractivity contribution is -0.0260. The summed E-state index contributed by atoms with van der Waals surface area (Å²) in [6.45, 7) is 2.41. The number of likely N-dealkylation sites (tertiary alicyclic amines) is 1. The maximum absolute atomic E-state index is 12.9. The largest absolute Gasteiger partial charge is 0.385 e. The van der Waals surface area contributed by atoms with E-state index in [0.717, 1.165) is 31.6 Å². The van der Waals surface area contributed by atoms with Crippen LogP contribution in [0.3, 0.4) is 0 Å². The standard InChI is InChI=1S/C21H23ClFNO2.C12H10/c22-18-7-5-17(6-8-18)21(26)11-14-24(15-12-21)13-1-2-20(25)16-3-9-19(23)10-4-16;1-3-7-11(8-4-1)12-9-5-2-6-10-12/h3-10,26H,1-2,11-15H2;1-10H. The average Bonchev–Trinajstić information content (AvgIpc) is 2.96. The van der Waals surface area contributed by atoms with Crippen LogP contribution in [-0.2, 0) is 5.60 Å². The Morgan fingerprint density at radius 1 is 0.789 bits per heavy atom. The SMILES string of the molecule is O=C(CCCN1CCC(O)(c2ccc(Cl)cc2)CC1)c1ccc(F)cc1.c1ccc(-c2ccccc2)cc1. The summed E-state index contributed by atoms with van der Waals surface area (Å²) in [6, 6.07) is 33.9. The summed E-state index contributed by atoms with van der Waals surface area (Å²) in [5, 5.41) is 11.5. The molecule has 4 aromatic carbocycles. The Morgan fingerprint density at radius 2 is 1.32 bits per heavy atom. The second-order valence-corrected chi connectivity index (χ2v) is 10.1. The van der Waals surface area contributed by atoms with Gasteiger partial charge < -0.3 is 10.0 Å². The fourth-order valence-electron chi connectivity index (χ4n) is 4.70. The van der Waals surface area contributed by atoms with E-state index in [-0.39, 0.29) is 11.6 Å². The van der Waals surface area contributed by atoms with Crippen LogP contribution in [0.5, 0.6) is 0 Å². The van der Waals surface area contributed by atoms with Crippen molar-refractivity contribution in [2.45, 2.75) is 31.3 Å². The second kappa shape index (κ2) is 13.5. The van der Waals surface area contributed by atoms with Gasteiger partial charge in [0, 0.05) is 30.1 Å². The van der Waals surface area contributed by atoms with Crippen molar-refractivity contribution in [3.63, 3.8) is 0 Å². The van der Waals surface area contributed by atoms with Crippen LogP contribution in [0.15, 0.2) is 109 Å². The highest BCUT2D eigenvalue weighted by Gasteiger charge is 2.33. The Morgan fingerprint density at radius 3 is 1.84 bits per heavy atom. The van der Waals surface area contributed by atoms with Gasteiger partial charge in [0.05, 0.1) is 5.60 Å². The first-order valence-electron chi connectivity index (χ1n) is 13.0. The van der Waals surface area contributed by atoms with Crippen LogP contribution in [0.4, 0.5) is 4.39 Å². The van der Waals surface area contributed by atoms with Crippen LogP contribution in [0, 0.1) is 5.82 Å². The molecule has 0 saturated carbocycles. The highest BCUT2D eigenvalue weighted by atomic mass is 35.5. The minimum absolute atomic E-state index is 0.0414. The Bertz CT molecular complexity index is 1230. The predicted octanol–water partition coefficient (Wildman–Crippen LogP) is 7.78. The summed E-state index contributed by atoms with van der Waals surface area (Å²) < 4.78 is 12.9. The Labute approximate surface area is 229 Å². The van der Waals surface area contributed by atoms with E-state index in [1.54, 1.807) is 0 Å². The van der Waals surface area contributed by atoms with Crippen molar-refractivity contribution in [1.82, 2.24) is 4.90 Å². The van der Waals surface area contributed by atoms with Gasteiger partial charge in [-0.1, -0.05) is 84.4 Å². The van der Waals surface area contributed by atoms with Gasteiger partial charge >= 0.3 is 0 Å². The molecule has 1 aliphatic rings. The third-order valence-corrected chi connectivity index (χ3v) is 7.24. The molecule has 0 aromatic heterocycles. The quantitative estimate of drug-likeness (QED) is 0.248. The minimum Gasteiger partial charge on any atom is -0.385 e. The van der Waals surface area contributed by atoms with Gasteiger partial charge in [0.1, 0.15) is 5.82 Å². The van der Waals surface area contributed by atoms with E-state index in [0.29, 0.717) is 29.8 Å². The summed E-state index contributed by atoms with van der Waals surface area (Å²) >= 11 is 5.92. The average molecular weight is 530 g/mol. The number of ketones is 1. The molecule has 0 aliphatic carbocycles. The van der Waals surface area contributed by atoms with E-state index < -0.39 is 5.60 Å². The summed E-state index contributed by atoms with van der Waals surface area (Å²) in [5.41, 5.74) is 3.22. The number of piperidine rings is 1. The molecule has 1 aliphatic heterocycles. The lowest BCUT2D eigenvalue weighted by atomic mass is 9.84. The smallest absolute Gasteiger partial charge is 0.162 e. The van der Waals surface area contributed by atoms with Crippen LogP contribution in [0.2, 0.25) is 5.02 Å². The van der Waals surface area contributed by atoms with Crippen LogP contribution in [-0.4, -0.2) is 35.4 Å². The van der Waals surface area contributed by atoms with Crippen molar-refractivity contribution in [3.05, 3.63) is 131 Å². The molecule has 0 radical (unpaired) electrons. The van der Waals surface area contributed by atoms with E-state index in [1.807, 2.05) is 36.4 Å². The van der Waals surface area contributed by atoms with Crippen LogP contribution in [0.25, 0.3) is 11.1 Å². The fraction of sp³-hybridized carbons (Fsp3) is 0.242. The van der Waals surface area contributed by atoms with Gasteiger partial charge in [-0.15, -0.1) is 0 Å². The molecule has 196 valence electrons. The summed E-state index contributed by atoms with van der Waals surface area (Å²) in [7, 11) is 0. The van der Waals surface area contributed by atoms with Gasteiger partial charge in [-0.3, -0.25) is 4.79 Å². The maximum Gasteiger partial charge on any atom is 0.162 e. The molecule has 0 atom stereocenters. The van der Waals surface area contributed by atoms with Gasteiger partial charge in [-0.25, -0.2) is 4.39 Å². The Kier molecular flexibility index (Phi) is 9.83. The Balaban J connectivity index is 0.000000232. The van der Waals surface area contributed by atoms with Crippen LogP contribution < -0.4 is 0 Å². The molecule has 1 heterocycles. The first-order chi connectivity index (χ1) is 18.4. The molecule has 1 N–H and O–H groups in total. The molecule has 5 heteroatoms.